The highest BCUT2D eigenvalue weighted by atomic mass is 35.5. The van der Waals surface area contributed by atoms with Gasteiger partial charge in [0.05, 0.1) is 11.1 Å². The van der Waals surface area contributed by atoms with Crippen LogP contribution in [0.1, 0.15) is 20.8 Å². The molecule has 1 N–H and O–H groups in total. The smallest absolute Gasteiger partial charge is 0.221 e. The number of hydrogen-bond donors (Lipinski definition) is 1. The van der Waals surface area contributed by atoms with Gasteiger partial charge in [-0.2, -0.15) is 0 Å². The van der Waals surface area contributed by atoms with Crippen LogP contribution in [0.4, 0.5) is 5.69 Å². The summed E-state index contributed by atoms with van der Waals surface area (Å²) in [7, 11) is 0. The number of benzene rings is 1. The van der Waals surface area contributed by atoms with Crippen molar-refractivity contribution in [3.05, 3.63) is 23.2 Å². The fraction of sp³-hybridized carbons (Fsp3) is 0.364. The topological polar surface area (TPSA) is 38.3 Å². The zero-order chi connectivity index (χ0) is 11.4. The molecule has 0 heterocycles. The number of carbonyl (C=O) groups excluding carboxylic acids is 1. The van der Waals surface area contributed by atoms with Crippen molar-refractivity contribution >= 4 is 23.2 Å². The molecule has 1 aromatic carbocycles. The summed E-state index contributed by atoms with van der Waals surface area (Å²) in [5.41, 5.74) is 0.683. The summed E-state index contributed by atoms with van der Waals surface area (Å²) < 4.78 is 5.48. The zero-order valence-corrected chi connectivity index (χ0v) is 9.76. The van der Waals surface area contributed by atoms with E-state index in [2.05, 4.69) is 5.32 Å². The van der Waals surface area contributed by atoms with Crippen LogP contribution in [-0.2, 0) is 4.79 Å². The molecule has 0 atom stereocenters. The average molecular weight is 228 g/mol. The summed E-state index contributed by atoms with van der Waals surface area (Å²) in [5, 5.41) is 3.21. The molecule has 1 amide bonds. The van der Waals surface area contributed by atoms with Gasteiger partial charge in [-0.15, -0.1) is 0 Å². The molecule has 0 aromatic heterocycles. The summed E-state index contributed by atoms with van der Waals surface area (Å²) in [6.45, 7) is 5.29. The molecule has 0 spiro atoms. The van der Waals surface area contributed by atoms with Gasteiger partial charge in [-0.05, 0) is 26.0 Å². The van der Waals surface area contributed by atoms with E-state index in [9.17, 15) is 4.79 Å². The number of carbonyl (C=O) groups is 1. The van der Waals surface area contributed by atoms with Gasteiger partial charge in [-0.1, -0.05) is 11.6 Å². The second-order valence-corrected chi connectivity index (χ2v) is 3.90. The molecule has 0 saturated carbocycles. The number of hydrogen-bond acceptors (Lipinski definition) is 2. The fourth-order valence-corrected chi connectivity index (χ4v) is 1.29. The first-order valence-corrected chi connectivity index (χ1v) is 5.10. The standard InChI is InChI=1S/C11H14ClNO2/c1-7(2)15-11-6-9(13-8(3)14)4-5-10(11)12/h4-7H,1-3H3,(H,13,14). The van der Waals surface area contributed by atoms with E-state index in [0.717, 1.165) is 0 Å². The number of nitrogens with one attached hydrogen (secondary N) is 1. The van der Waals surface area contributed by atoms with Crippen LogP contribution >= 0.6 is 11.6 Å². The SMILES string of the molecule is CC(=O)Nc1ccc(Cl)c(OC(C)C)c1. The number of halogens is 1. The highest BCUT2D eigenvalue weighted by Gasteiger charge is 2.05. The third-order valence-electron chi connectivity index (χ3n) is 1.61. The van der Waals surface area contributed by atoms with Crippen LogP contribution in [0.3, 0.4) is 0 Å². The van der Waals surface area contributed by atoms with Crippen LogP contribution in [0.2, 0.25) is 5.02 Å². The van der Waals surface area contributed by atoms with Crippen molar-refractivity contribution in [2.45, 2.75) is 26.9 Å². The van der Waals surface area contributed by atoms with Crippen LogP contribution in [-0.4, -0.2) is 12.0 Å². The Morgan fingerprint density at radius 3 is 2.67 bits per heavy atom. The molecule has 1 rings (SSSR count). The summed E-state index contributed by atoms with van der Waals surface area (Å²) >= 11 is 5.94. The molecule has 1 aromatic rings. The summed E-state index contributed by atoms with van der Waals surface area (Å²) in [6.07, 6.45) is 0.0510. The Hall–Kier alpha value is -1.22. The second kappa shape index (κ2) is 5.03. The lowest BCUT2D eigenvalue weighted by Gasteiger charge is -2.12. The Morgan fingerprint density at radius 1 is 1.47 bits per heavy atom. The van der Waals surface area contributed by atoms with Gasteiger partial charge in [-0.3, -0.25) is 4.79 Å². The molecule has 0 aliphatic heterocycles. The molecule has 0 radical (unpaired) electrons. The van der Waals surface area contributed by atoms with E-state index >= 15 is 0 Å². The van der Waals surface area contributed by atoms with Crippen molar-refractivity contribution in [1.29, 1.82) is 0 Å². The van der Waals surface area contributed by atoms with Crippen LogP contribution in [0.15, 0.2) is 18.2 Å². The van der Waals surface area contributed by atoms with Crippen molar-refractivity contribution < 1.29 is 9.53 Å². The van der Waals surface area contributed by atoms with Crippen molar-refractivity contribution in [3.63, 3.8) is 0 Å². The Labute approximate surface area is 94.4 Å². The molecule has 15 heavy (non-hydrogen) atoms. The number of rotatable bonds is 3. The zero-order valence-electron chi connectivity index (χ0n) is 9.00. The lowest BCUT2D eigenvalue weighted by molar-refractivity contribution is -0.114. The Balaban J connectivity index is 2.89. The lowest BCUT2D eigenvalue weighted by atomic mass is 10.3. The largest absolute Gasteiger partial charge is 0.489 e. The third kappa shape index (κ3) is 3.80. The first kappa shape index (κ1) is 11.9. The summed E-state index contributed by atoms with van der Waals surface area (Å²) in [6, 6.07) is 5.14. The number of amides is 1. The molecule has 0 bridgehead atoms. The van der Waals surface area contributed by atoms with E-state index in [1.165, 1.54) is 6.92 Å². The van der Waals surface area contributed by atoms with E-state index in [0.29, 0.717) is 16.5 Å². The normalized spacial score (nSPS) is 10.2. The number of ether oxygens (including phenoxy) is 1. The molecular weight excluding hydrogens is 214 g/mol. The van der Waals surface area contributed by atoms with Gasteiger partial charge >= 0.3 is 0 Å². The molecule has 0 unspecified atom stereocenters. The molecular formula is C11H14ClNO2. The van der Waals surface area contributed by atoms with E-state index in [1.54, 1.807) is 18.2 Å². The molecule has 0 saturated heterocycles. The van der Waals surface area contributed by atoms with E-state index in [-0.39, 0.29) is 12.0 Å². The maximum atomic E-state index is 10.8. The van der Waals surface area contributed by atoms with Crippen molar-refractivity contribution in [1.82, 2.24) is 0 Å². The molecule has 0 fully saturated rings. The third-order valence-corrected chi connectivity index (χ3v) is 1.93. The fourth-order valence-electron chi connectivity index (χ4n) is 1.13. The number of anilines is 1. The van der Waals surface area contributed by atoms with Crippen molar-refractivity contribution in [2.75, 3.05) is 5.32 Å². The molecule has 82 valence electrons. The first-order chi connectivity index (χ1) is 6.99. The van der Waals surface area contributed by atoms with Gasteiger partial charge < -0.3 is 10.1 Å². The van der Waals surface area contributed by atoms with Crippen molar-refractivity contribution in [2.24, 2.45) is 0 Å². The minimum Gasteiger partial charge on any atom is -0.489 e. The Kier molecular flexibility index (Phi) is 3.97. The van der Waals surface area contributed by atoms with Gasteiger partial charge in [0.15, 0.2) is 0 Å². The van der Waals surface area contributed by atoms with Crippen molar-refractivity contribution in [3.8, 4) is 5.75 Å². The lowest BCUT2D eigenvalue weighted by Crippen LogP contribution is -2.08. The molecule has 0 aliphatic carbocycles. The minimum absolute atomic E-state index is 0.0510. The summed E-state index contributed by atoms with van der Waals surface area (Å²) in [4.78, 5) is 10.8. The van der Waals surface area contributed by atoms with Crippen LogP contribution in [0.5, 0.6) is 5.75 Å². The summed E-state index contributed by atoms with van der Waals surface area (Å²) in [5.74, 6) is 0.464. The highest BCUT2D eigenvalue weighted by molar-refractivity contribution is 6.32. The predicted octanol–water partition coefficient (Wildman–Crippen LogP) is 3.09. The van der Waals surface area contributed by atoms with E-state index in [1.807, 2.05) is 13.8 Å². The van der Waals surface area contributed by atoms with Gasteiger partial charge in [0.25, 0.3) is 0 Å². The van der Waals surface area contributed by atoms with Gasteiger partial charge in [0, 0.05) is 18.7 Å². The molecule has 0 aliphatic rings. The van der Waals surface area contributed by atoms with Gasteiger partial charge in [0.1, 0.15) is 5.75 Å². The van der Waals surface area contributed by atoms with Crippen LogP contribution in [0, 0.1) is 0 Å². The maximum absolute atomic E-state index is 10.8. The maximum Gasteiger partial charge on any atom is 0.221 e. The average Bonchev–Trinajstić information content (AvgIpc) is 2.09. The first-order valence-electron chi connectivity index (χ1n) is 4.73. The predicted molar refractivity (Wildman–Crippen MR) is 61.5 cm³/mol. The quantitative estimate of drug-likeness (QED) is 0.862. The Bertz CT molecular complexity index is 364. The van der Waals surface area contributed by atoms with E-state index < -0.39 is 0 Å². The van der Waals surface area contributed by atoms with E-state index in [4.69, 9.17) is 16.3 Å². The van der Waals surface area contributed by atoms with Gasteiger partial charge in [0.2, 0.25) is 5.91 Å². The van der Waals surface area contributed by atoms with Crippen LogP contribution < -0.4 is 10.1 Å². The highest BCUT2D eigenvalue weighted by Crippen LogP contribution is 2.28. The second-order valence-electron chi connectivity index (χ2n) is 3.49. The monoisotopic (exact) mass is 227 g/mol. The van der Waals surface area contributed by atoms with Crippen LogP contribution in [0.25, 0.3) is 0 Å². The minimum atomic E-state index is -0.118. The Morgan fingerprint density at radius 2 is 2.13 bits per heavy atom. The molecule has 4 heteroatoms. The van der Waals surface area contributed by atoms with Gasteiger partial charge in [-0.25, -0.2) is 0 Å². The molecule has 3 nitrogen and oxygen atoms in total.